The van der Waals surface area contributed by atoms with Gasteiger partial charge in [0, 0.05) is 17.9 Å². The van der Waals surface area contributed by atoms with Crippen LogP contribution in [0.4, 0.5) is 0 Å². The van der Waals surface area contributed by atoms with Crippen LogP contribution in [0.3, 0.4) is 0 Å². The van der Waals surface area contributed by atoms with E-state index in [-0.39, 0.29) is 23.7 Å². The highest BCUT2D eigenvalue weighted by atomic mass is 16.2. The lowest BCUT2D eigenvalue weighted by Gasteiger charge is -2.33. The average molecular weight is 367 g/mol. The molecule has 1 aliphatic carbocycles. The van der Waals surface area contributed by atoms with Gasteiger partial charge in [0.15, 0.2) is 0 Å². The van der Waals surface area contributed by atoms with E-state index in [1.54, 1.807) is 27.7 Å². The first-order valence-corrected chi connectivity index (χ1v) is 9.29. The molecule has 148 valence electrons. The van der Waals surface area contributed by atoms with Crippen molar-refractivity contribution in [3.8, 4) is 0 Å². The fourth-order valence-electron chi connectivity index (χ4n) is 2.64. The number of likely N-dealkylation sites (N-methyl/N-ethyl adjacent to an activating group) is 1. The van der Waals surface area contributed by atoms with Gasteiger partial charge >= 0.3 is 0 Å². The fraction of sp³-hybridized carbons (Fsp3) is 0.789. The summed E-state index contributed by atoms with van der Waals surface area (Å²) in [5, 5.41) is 7.88. The number of carbonyl (C=O) groups is 3. The second kappa shape index (κ2) is 8.64. The molecule has 0 aromatic carbocycles. The lowest BCUT2D eigenvalue weighted by molar-refractivity contribution is -0.129. The Bertz CT molecular complexity index is 572. The molecule has 0 spiro atoms. The number of hydrogen-bond acceptors (Lipinski definition) is 4. The Morgan fingerprint density at radius 3 is 2.00 bits per heavy atom. The Balaban J connectivity index is 2.92. The predicted molar refractivity (Wildman–Crippen MR) is 102 cm³/mol. The summed E-state index contributed by atoms with van der Waals surface area (Å²) in [6.07, 6.45) is 4.34. The second-order valence-corrected chi connectivity index (χ2v) is 8.81. The van der Waals surface area contributed by atoms with Gasteiger partial charge in [0.1, 0.15) is 6.04 Å². The van der Waals surface area contributed by atoms with Crippen LogP contribution in [-0.4, -0.2) is 36.8 Å². The summed E-state index contributed by atoms with van der Waals surface area (Å²) < 4.78 is 0. The summed E-state index contributed by atoms with van der Waals surface area (Å²) in [5.74, 6) is -0.188. The number of hydrogen-bond donors (Lipinski definition) is 3. The molecule has 0 bridgehead atoms. The zero-order chi connectivity index (χ0) is 20.1. The van der Waals surface area contributed by atoms with E-state index in [4.69, 9.17) is 0 Å². The summed E-state index contributed by atoms with van der Waals surface area (Å²) in [5.41, 5.74) is -1.22. The van der Waals surface area contributed by atoms with Crippen LogP contribution in [-0.2, 0) is 14.4 Å². The molecule has 7 heteroatoms. The van der Waals surface area contributed by atoms with Crippen molar-refractivity contribution in [1.82, 2.24) is 16.0 Å². The molecule has 26 heavy (non-hydrogen) atoms. The Morgan fingerprint density at radius 1 is 1.04 bits per heavy atom. The molecule has 1 fully saturated rings. The number of nitrogens with zero attached hydrogens (tertiary/aromatic N) is 1. The van der Waals surface area contributed by atoms with Crippen molar-refractivity contribution in [3.05, 3.63) is 0 Å². The molecular weight excluding hydrogens is 332 g/mol. The van der Waals surface area contributed by atoms with Gasteiger partial charge in [0.25, 0.3) is 0 Å². The van der Waals surface area contributed by atoms with E-state index >= 15 is 0 Å². The highest BCUT2D eigenvalue weighted by Gasteiger charge is 2.34. The smallest absolute Gasteiger partial charge is 0.244 e. The number of carbonyl (C=O) groups excluding carboxylic acids is 3. The van der Waals surface area contributed by atoms with E-state index < -0.39 is 16.9 Å². The molecule has 7 nitrogen and oxygen atoms in total. The number of aliphatic imine (C=N–C) groups is 1. The molecule has 0 radical (unpaired) electrons. The minimum Gasteiger partial charge on any atom is -0.357 e. The molecule has 1 aliphatic rings. The largest absolute Gasteiger partial charge is 0.357 e. The van der Waals surface area contributed by atoms with Gasteiger partial charge in [-0.15, -0.1) is 0 Å². The van der Waals surface area contributed by atoms with Crippen molar-refractivity contribution in [3.63, 3.8) is 0 Å². The highest BCUT2D eigenvalue weighted by Crippen LogP contribution is 2.37. The zero-order valence-electron chi connectivity index (χ0n) is 17.2. The predicted octanol–water partition coefficient (Wildman–Crippen LogP) is 1.97. The van der Waals surface area contributed by atoms with Gasteiger partial charge in [0.2, 0.25) is 23.7 Å². The molecule has 0 saturated heterocycles. The Morgan fingerprint density at radius 2 is 1.58 bits per heavy atom. The Kier molecular flexibility index (Phi) is 7.35. The summed E-state index contributed by atoms with van der Waals surface area (Å²) in [4.78, 5) is 41.0. The standard InChI is InChI=1S/C19H34N4O3/c1-12(14(24)20-7)21-17(22-15(25)18(2,3)4)23-16(26)19(5,6)11-13-9-8-10-13/h12-13H,8-11H2,1-7H3,(H,20,24)(H2,21,22,23,25,26). The first-order chi connectivity index (χ1) is 11.9. The molecular formula is C19H34N4O3. The molecule has 1 unspecified atom stereocenters. The Labute approximate surface area is 156 Å². The van der Waals surface area contributed by atoms with Crippen molar-refractivity contribution >= 4 is 23.7 Å². The molecule has 0 aliphatic heterocycles. The molecule has 0 heterocycles. The molecule has 0 aromatic rings. The number of guanidine groups is 1. The molecule has 3 N–H and O–H groups in total. The molecule has 1 saturated carbocycles. The van der Waals surface area contributed by atoms with Gasteiger partial charge < -0.3 is 5.32 Å². The third-order valence-corrected chi connectivity index (χ3v) is 4.73. The maximum Gasteiger partial charge on any atom is 0.244 e. The average Bonchev–Trinajstić information content (AvgIpc) is 2.48. The van der Waals surface area contributed by atoms with Crippen molar-refractivity contribution in [1.29, 1.82) is 0 Å². The topological polar surface area (TPSA) is 99.7 Å². The zero-order valence-corrected chi connectivity index (χ0v) is 17.2. The van der Waals surface area contributed by atoms with Gasteiger partial charge in [-0.25, -0.2) is 4.99 Å². The highest BCUT2D eigenvalue weighted by molar-refractivity contribution is 6.07. The molecule has 1 rings (SSSR count). The molecule has 0 aromatic heterocycles. The van der Waals surface area contributed by atoms with E-state index in [0.717, 1.165) is 19.3 Å². The fourth-order valence-corrected chi connectivity index (χ4v) is 2.64. The maximum absolute atomic E-state index is 12.8. The van der Waals surface area contributed by atoms with Crippen LogP contribution in [0.1, 0.15) is 67.2 Å². The first-order valence-electron chi connectivity index (χ1n) is 9.29. The summed E-state index contributed by atoms with van der Waals surface area (Å²) in [6, 6.07) is -0.731. The van der Waals surface area contributed by atoms with E-state index in [2.05, 4.69) is 20.9 Å². The van der Waals surface area contributed by atoms with Crippen LogP contribution in [0.5, 0.6) is 0 Å². The molecule has 3 amide bonds. The van der Waals surface area contributed by atoms with E-state index in [1.807, 2.05) is 13.8 Å². The first kappa shape index (κ1) is 22.1. The lowest BCUT2D eigenvalue weighted by atomic mass is 9.73. The quantitative estimate of drug-likeness (QED) is 0.512. The van der Waals surface area contributed by atoms with Crippen LogP contribution in [0.15, 0.2) is 4.99 Å². The normalized spacial score (nSPS) is 17.1. The number of amides is 3. The third-order valence-electron chi connectivity index (χ3n) is 4.73. The lowest BCUT2D eigenvalue weighted by Crippen LogP contribution is -2.51. The van der Waals surface area contributed by atoms with Gasteiger partial charge in [-0.1, -0.05) is 53.9 Å². The summed E-state index contributed by atoms with van der Waals surface area (Å²) >= 11 is 0. The van der Waals surface area contributed by atoms with E-state index in [0.29, 0.717) is 5.92 Å². The third kappa shape index (κ3) is 6.42. The van der Waals surface area contributed by atoms with Crippen LogP contribution in [0, 0.1) is 16.7 Å². The van der Waals surface area contributed by atoms with Crippen molar-refractivity contribution in [2.45, 2.75) is 73.3 Å². The minimum atomic E-state index is -0.731. The van der Waals surface area contributed by atoms with Gasteiger partial charge in [-0.2, -0.15) is 0 Å². The maximum atomic E-state index is 12.8. The van der Waals surface area contributed by atoms with Crippen LogP contribution >= 0.6 is 0 Å². The van der Waals surface area contributed by atoms with Crippen molar-refractivity contribution < 1.29 is 14.4 Å². The Hall–Kier alpha value is -1.92. The minimum absolute atomic E-state index is 0.0210. The van der Waals surface area contributed by atoms with Gasteiger partial charge in [-0.05, 0) is 19.3 Å². The van der Waals surface area contributed by atoms with Crippen molar-refractivity contribution in [2.24, 2.45) is 21.7 Å². The number of nitrogens with one attached hydrogen (secondary N) is 3. The van der Waals surface area contributed by atoms with E-state index in [1.165, 1.54) is 13.5 Å². The van der Waals surface area contributed by atoms with Crippen molar-refractivity contribution in [2.75, 3.05) is 7.05 Å². The van der Waals surface area contributed by atoms with Gasteiger partial charge in [-0.3, -0.25) is 25.0 Å². The second-order valence-electron chi connectivity index (χ2n) is 8.81. The summed E-state index contributed by atoms with van der Waals surface area (Å²) in [6.45, 7) is 10.7. The van der Waals surface area contributed by atoms with Gasteiger partial charge in [0.05, 0.1) is 0 Å². The van der Waals surface area contributed by atoms with Crippen LogP contribution < -0.4 is 16.0 Å². The summed E-state index contributed by atoms with van der Waals surface area (Å²) in [7, 11) is 1.52. The van der Waals surface area contributed by atoms with Crippen LogP contribution in [0.2, 0.25) is 0 Å². The van der Waals surface area contributed by atoms with E-state index in [9.17, 15) is 14.4 Å². The van der Waals surface area contributed by atoms with Crippen LogP contribution in [0.25, 0.3) is 0 Å². The SMILES string of the molecule is CNC(=O)C(C)N=C(NC(=O)C(C)(C)C)NC(=O)C(C)(C)CC1CCC1. The monoisotopic (exact) mass is 366 g/mol. The number of rotatable bonds is 5. The molecule has 1 atom stereocenters.